The van der Waals surface area contributed by atoms with Gasteiger partial charge in [0.05, 0.1) is 12.6 Å². The molecular formula is C26H22N4O3. The fourth-order valence-corrected chi connectivity index (χ4v) is 3.95. The predicted molar refractivity (Wildman–Crippen MR) is 127 cm³/mol. The van der Waals surface area contributed by atoms with Gasteiger partial charge in [0.2, 0.25) is 0 Å². The highest BCUT2D eigenvalue weighted by Gasteiger charge is 2.23. The monoisotopic (exact) mass is 438 g/mol. The van der Waals surface area contributed by atoms with E-state index < -0.39 is 0 Å². The summed E-state index contributed by atoms with van der Waals surface area (Å²) in [4.78, 5) is 31.6. The molecule has 33 heavy (non-hydrogen) atoms. The minimum atomic E-state index is -0.385. The van der Waals surface area contributed by atoms with Gasteiger partial charge in [-0.2, -0.15) is 0 Å². The van der Waals surface area contributed by atoms with Crippen molar-refractivity contribution in [3.63, 3.8) is 0 Å². The molecule has 2 amide bonds. The van der Waals surface area contributed by atoms with E-state index in [1.165, 1.54) is 5.56 Å². The van der Waals surface area contributed by atoms with Crippen LogP contribution in [0.2, 0.25) is 0 Å². The van der Waals surface area contributed by atoms with Crippen molar-refractivity contribution >= 4 is 34.2 Å². The van der Waals surface area contributed by atoms with Gasteiger partial charge < -0.3 is 9.64 Å². The van der Waals surface area contributed by atoms with Crippen LogP contribution in [0.5, 0.6) is 5.75 Å². The number of anilines is 2. The van der Waals surface area contributed by atoms with Gasteiger partial charge in [-0.15, -0.1) is 0 Å². The molecular weight excluding hydrogens is 416 g/mol. The van der Waals surface area contributed by atoms with Crippen LogP contribution < -0.4 is 20.5 Å². The molecule has 4 aromatic rings. The van der Waals surface area contributed by atoms with E-state index >= 15 is 0 Å². The molecule has 1 aliphatic heterocycles. The van der Waals surface area contributed by atoms with Gasteiger partial charge in [-0.1, -0.05) is 18.2 Å². The fourth-order valence-electron chi connectivity index (χ4n) is 3.95. The molecule has 164 valence electrons. The van der Waals surface area contributed by atoms with Crippen molar-refractivity contribution in [3.8, 4) is 5.75 Å². The molecule has 0 atom stereocenters. The molecule has 5 rings (SSSR count). The number of rotatable bonds is 4. The van der Waals surface area contributed by atoms with E-state index in [9.17, 15) is 9.59 Å². The molecule has 0 radical (unpaired) electrons. The number of hydrogen-bond donors (Lipinski definition) is 2. The number of ether oxygens (including phenoxy) is 1. The number of methoxy groups -OCH3 is 1. The zero-order chi connectivity index (χ0) is 22.8. The van der Waals surface area contributed by atoms with Crippen LogP contribution >= 0.6 is 0 Å². The molecule has 0 saturated heterocycles. The van der Waals surface area contributed by atoms with Gasteiger partial charge in [0.1, 0.15) is 11.6 Å². The average Bonchev–Trinajstić information content (AvgIpc) is 3.28. The predicted octanol–water partition coefficient (Wildman–Crippen LogP) is 4.01. The minimum absolute atomic E-state index is 0.371. The second-order valence-corrected chi connectivity index (χ2v) is 7.75. The molecule has 0 aliphatic carbocycles. The Hall–Kier alpha value is -4.39. The van der Waals surface area contributed by atoms with Crippen LogP contribution in [0.25, 0.3) is 10.9 Å². The molecule has 0 saturated carbocycles. The van der Waals surface area contributed by atoms with E-state index in [-0.39, 0.29) is 11.8 Å². The van der Waals surface area contributed by atoms with Crippen molar-refractivity contribution in [3.05, 3.63) is 95.6 Å². The number of fused-ring (bicyclic) bond motifs is 2. The first-order valence-electron chi connectivity index (χ1n) is 10.6. The van der Waals surface area contributed by atoms with Crippen LogP contribution in [0.3, 0.4) is 0 Å². The number of carbonyl (C=O) groups excluding carboxylic acids is 2. The van der Waals surface area contributed by atoms with E-state index in [0.717, 1.165) is 41.1 Å². The molecule has 2 heterocycles. The Bertz CT molecular complexity index is 1340. The van der Waals surface area contributed by atoms with Gasteiger partial charge in [-0.3, -0.25) is 20.4 Å². The Labute approximate surface area is 191 Å². The van der Waals surface area contributed by atoms with E-state index in [1.807, 2.05) is 36.4 Å². The second-order valence-electron chi connectivity index (χ2n) is 7.75. The molecule has 0 bridgehead atoms. The highest BCUT2D eigenvalue weighted by atomic mass is 16.5. The summed E-state index contributed by atoms with van der Waals surface area (Å²) in [5.41, 5.74) is 8.84. The smallest absolute Gasteiger partial charge is 0.269 e. The maximum absolute atomic E-state index is 12.5. The van der Waals surface area contributed by atoms with Crippen LogP contribution in [0.1, 0.15) is 26.3 Å². The van der Waals surface area contributed by atoms with E-state index in [4.69, 9.17) is 9.72 Å². The highest BCUT2D eigenvalue weighted by molar-refractivity contribution is 5.99. The summed E-state index contributed by atoms with van der Waals surface area (Å²) < 4.78 is 5.33. The first kappa shape index (κ1) is 20.5. The van der Waals surface area contributed by atoms with Crippen LogP contribution in [0.15, 0.2) is 78.9 Å². The van der Waals surface area contributed by atoms with Gasteiger partial charge in [-0.05, 0) is 66.6 Å². The number of aromatic nitrogens is 1. The number of nitrogens with one attached hydrogen (secondary N) is 2. The Morgan fingerprint density at radius 2 is 1.58 bits per heavy atom. The lowest BCUT2D eigenvalue weighted by molar-refractivity contribution is 0.0846. The Morgan fingerprint density at radius 1 is 0.879 bits per heavy atom. The van der Waals surface area contributed by atoms with Crippen LogP contribution in [-0.4, -0.2) is 30.5 Å². The SMILES string of the molecule is COc1ccc2cc3c(nc2c1)N(c1ccc(C(=O)NNC(=O)c2ccccc2)cc1)CC3. The zero-order valence-electron chi connectivity index (χ0n) is 18.0. The topological polar surface area (TPSA) is 83.6 Å². The standard InChI is InChI=1S/C26H22N4O3/c1-33-22-12-9-19-15-20-13-14-30(24(20)27-23(19)16-22)21-10-7-18(8-11-21)26(32)29-28-25(31)17-5-3-2-4-6-17/h2-12,15-16H,13-14H2,1H3,(H,28,31)(H,29,32). The third-order valence-corrected chi connectivity index (χ3v) is 5.71. The van der Waals surface area contributed by atoms with Crippen molar-refractivity contribution in [1.82, 2.24) is 15.8 Å². The summed E-state index contributed by atoms with van der Waals surface area (Å²) in [6.07, 6.45) is 0.901. The lowest BCUT2D eigenvalue weighted by Crippen LogP contribution is -2.41. The van der Waals surface area contributed by atoms with Crippen molar-refractivity contribution in [1.29, 1.82) is 0 Å². The molecule has 0 fully saturated rings. The van der Waals surface area contributed by atoms with Gasteiger partial charge >= 0.3 is 0 Å². The van der Waals surface area contributed by atoms with Gasteiger partial charge in [-0.25, -0.2) is 4.98 Å². The molecule has 3 aromatic carbocycles. The van der Waals surface area contributed by atoms with Crippen LogP contribution in [-0.2, 0) is 6.42 Å². The van der Waals surface area contributed by atoms with Crippen molar-refractivity contribution < 1.29 is 14.3 Å². The molecule has 0 unspecified atom stereocenters. The lowest BCUT2D eigenvalue weighted by Gasteiger charge is -2.19. The van der Waals surface area contributed by atoms with Crippen LogP contribution in [0.4, 0.5) is 11.5 Å². The Balaban J connectivity index is 1.31. The summed E-state index contributed by atoms with van der Waals surface area (Å²) in [6, 6.07) is 24.0. The highest BCUT2D eigenvalue weighted by Crippen LogP contribution is 2.35. The number of pyridine rings is 1. The number of hydrogen-bond acceptors (Lipinski definition) is 5. The summed E-state index contributed by atoms with van der Waals surface area (Å²) in [7, 11) is 1.64. The van der Waals surface area contributed by atoms with E-state index in [2.05, 4.69) is 21.8 Å². The normalized spacial score (nSPS) is 12.3. The number of hydrazine groups is 1. The van der Waals surface area contributed by atoms with E-state index in [1.54, 1.807) is 43.5 Å². The molecule has 7 heteroatoms. The molecule has 1 aromatic heterocycles. The number of amides is 2. The van der Waals surface area contributed by atoms with Gasteiger partial charge in [0.25, 0.3) is 11.8 Å². The summed E-state index contributed by atoms with van der Waals surface area (Å²) in [5.74, 6) is 0.935. The molecule has 1 aliphatic rings. The van der Waals surface area contributed by atoms with E-state index in [0.29, 0.717) is 11.1 Å². The van der Waals surface area contributed by atoms with Crippen molar-refractivity contribution in [2.24, 2.45) is 0 Å². The van der Waals surface area contributed by atoms with Gasteiger partial charge in [0, 0.05) is 34.8 Å². The quantitative estimate of drug-likeness (QED) is 0.471. The molecule has 0 spiro atoms. The first-order valence-corrected chi connectivity index (χ1v) is 10.6. The number of carbonyl (C=O) groups is 2. The Morgan fingerprint density at radius 3 is 2.27 bits per heavy atom. The third-order valence-electron chi connectivity index (χ3n) is 5.71. The molecule has 7 nitrogen and oxygen atoms in total. The summed E-state index contributed by atoms with van der Waals surface area (Å²) in [5, 5.41) is 1.08. The minimum Gasteiger partial charge on any atom is -0.497 e. The maximum atomic E-state index is 12.5. The number of nitrogens with zero attached hydrogens (tertiary/aromatic N) is 2. The summed E-state index contributed by atoms with van der Waals surface area (Å²) >= 11 is 0. The van der Waals surface area contributed by atoms with Crippen molar-refractivity contribution in [2.75, 3.05) is 18.6 Å². The number of benzene rings is 3. The third kappa shape index (κ3) is 4.08. The van der Waals surface area contributed by atoms with Crippen LogP contribution in [0, 0.1) is 0 Å². The van der Waals surface area contributed by atoms with Crippen molar-refractivity contribution in [2.45, 2.75) is 6.42 Å². The average molecular weight is 438 g/mol. The summed E-state index contributed by atoms with van der Waals surface area (Å²) in [6.45, 7) is 0.814. The molecule has 2 N–H and O–H groups in total. The fraction of sp³-hybridized carbons (Fsp3) is 0.115. The lowest BCUT2D eigenvalue weighted by atomic mass is 10.1. The zero-order valence-corrected chi connectivity index (χ0v) is 18.0. The maximum Gasteiger partial charge on any atom is 0.269 e. The Kier molecular flexibility index (Phi) is 5.36. The largest absolute Gasteiger partial charge is 0.497 e. The first-order chi connectivity index (χ1) is 16.1. The second kappa shape index (κ2) is 8.63. The van der Waals surface area contributed by atoms with Gasteiger partial charge in [0.15, 0.2) is 0 Å².